The largest absolute Gasteiger partial charge is 0.0654 e. The van der Waals surface area contributed by atoms with Gasteiger partial charge in [-0.25, -0.2) is 0 Å². The quantitative estimate of drug-likeness (QED) is 0.0499. The standard InChI is InChI=1S/C40H84P/c1-5-9-13-17-18-19-20-21-22-23-24-25-26-27-28-32-36-40-41(37-33-29-14-10-6-2,38-34-30-15-11-7-3)39-35-31-16-12-8-4/h5-40H2,1-4H3/q+1. The van der Waals surface area contributed by atoms with Crippen molar-refractivity contribution in [3.63, 3.8) is 0 Å². The monoisotopic (exact) mass is 596 g/mol. The van der Waals surface area contributed by atoms with Crippen LogP contribution in [0.5, 0.6) is 0 Å². The SMILES string of the molecule is CCCCCCCCCCCCCCCCCCC[P+](CCCCCCC)(CCCCCCC)CCCCCCC. The molecule has 0 aromatic rings. The van der Waals surface area contributed by atoms with E-state index in [-0.39, 0.29) is 0 Å². The number of hydrogen-bond acceptors (Lipinski definition) is 0. The van der Waals surface area contributed by atoms with Gasteiger partial charge in [0.05, 0.1) is 24.6 Å². The van der Waals surface area contributed by atoms with Crippen molar-refractivity contribution in [1.82, 2.24) is 0 Å². The summed E-state index contributed by atoms with van der Waals surface area (Å²) in [4.78, 5) is 0. The minimum absolute atomic E-state index is 0.732. The Morgan fingerprint density at radius 3 is 0.512 bits per heavy atom. The summed E-state index contributed by atoms with van der Waals surface area (Å²) in [6, 6.07) is 0. The highest BCUT2D eigenvalue weighted by Gasteiger charge is 2.34. The van der Waals surface area contributed by atoms with Gasteiger partial charge in [-0.1, -0.05) is 182 Å². The summed E-state index contributed by atoms with van der Waals surface area (Å²) in [7, 11) is -0.732. The van der Waals surface area contributed by atoms with E-state index in [9.17, 15) is 0 Å². The molecule has 248 valence electrons. The zero-order valence-corrected chi connectivity index (χ0v) is 30.8. The highest BCUT2D eigenvalue weighted by molar-refractivity contribution is 7.75. The van der Waals surface area contributed by atoms with Gasteiger partial charge in [-0.15, -0.1) is 0 Å². The van der Waals surface area contributed by atoms with Crippen LogP contribution >= 0.6 is 7.26 Å². The van der Waals surface area contributed by atoms with Gasteiger partial charge in [0.25, 0.3) is 0 Å². The minimum Gasteiger partial charge on any atom is -0.0654 e. The molecular weight excluding hydrogens is 511 g/mol. The van der Waals surface area contributed by atoms with Crippen molar-refractivity contribution in [3.05, 3.63) is 0 Å². The number of unbranched alkanes of at least 4 members (excludes halogenated alkanes) is 28. The molecular formula is C40H84P+. The molecule has 0 saturated heterocycles. The van der Waals surface area contributed by atoms with Crippen LogP contribution in [0.25, 0.3) is 0 Å². The fourth-order valence-electron chi connectivity index (χ4n) is 7.00. The number of hydrogen-bond donors (Lipinski definition) is 0. The van der Waals surface area contributed by atoms with Crippen LogP contribution in [0.3, 0.4) is 0 Å². The van der Waals surface area contributed by atoms with Crippen LogP contribution in [0.1, 0.15) is 233 Å². The van der Waals surface area contributed by atoms with Gasteiger partial charge in [0.15, 0.2) is 0 Å². The van der Waals surface area contributed by atoms with E-state index in [0.717, 1.165) is 0 Å². The van der Waals surface area contributed by atoms with E-state index in [4.69, 9.17) is 0 Å². The molecule has 0 bridgehead atoms. The highest BCUT2D eigenvalue weighted by Crippen LogP contribution is 2.61. The summed E-state index contributed by atoms with van der Waals surface area (Å²) in [6.07, 6.45) is 54.1. The normalized spacial score (nSPS) is 12.0. The van der Waals surface area contributed by atoms with Crippen LogP contribution in [-0.2, 0) is 0 Å². The molecule has 0 atom stereocenters. The molecule has 1 heteroatoms. The second kappa shape index (κ2) is 34.9. The van der Waals surface area contributed by atoms with Crippen molar-refractivity contribution in [1.29, 1.82) is 0 Å². The molecule has 0 N–H and O–H groups in total. The van der Waals surface area contributed by atoms with E-state index < -0.39 is 7.26 Å². The van der Waals surface area contributed by atoms with Gasteiger partial charge in [-0.2, -0.15) is 0 Å². The van der Waals surface area contributed by atoms with Crippen LogP contribution in [0.2, 0.25) is 0 Å². The molecule has 0 aromatic carbocycles. The lowest BCUT2D eigenvalue weighted by molar-refractivity contribution is 0.529. The fraction of sp³-hybridized carbons (Fsp3) is 1.00. The van der Waals surface area contributed by atoms with Gasteiger partial charge in [-0.3, -0.25) is 0 Å². The third-order valence-electron chi connectivity index (χ3n) is 9.94. The summed E-state index contributed by atoms with van der Waals surface area (Å²) in [5.74, 6) is 0. The first-order chi connectivity index (χ1) is 20.2. The summed E-state index contributed by atoms with van der Waals surface area (Å²) >= 11 is 0. The molecule has 0 fully saturated rings. The van der Waals surface area contributed by atoms with E-state index in [1.54, 1.807) is 50.3 Å². The van der Waals surface area contributed by atoms with E-state index in [1.807, 2.05) is 0 Å². The predicted molar refractivity (Wildman–Crippen MR) is 197 cm³/mol. The van der Waals surface area contributed by atoms with Gasteiger partial charge in [-0.05, 0) is 51.4 Å². The molecule has 0 aliphatic carbocycles. The van der Waals surface area contributed by atoms with Crippen LogP contribution in [0.4, 0.5) is 0 Å². The molecule has 0 rings (SSSR count). The third-order valence-corrected chi connectivity index (χ3v) is 15.0. The van der Waals surface area contributed by atoms with Crippen molar-refractivity contribution < 1.29 is 0 Å². The Balaban J connectivity index is 4.26. The van der Waals surface area contributed by atoms with Crippen molar-refractivity contribution in [2.24, 2.45) is 0 Å². The molecule has 0 aromatic heterocycles. The summed E-state index contributed by atoms with van der Waals surface area (Å²) in [6.45, 7) is 9.41. The average Bonchev–Trinajstić information content (AvgIpc) is 2.98. The average molecular weight is 596 g/mol. The van der Waals surface area contributed by atoms with Gasteiger partial charge in [0.2, 0.25) is 0 Å². The van der Waals surface area contributed by atoms with Crippen molar-refractivity contribution >= 4 is 7.26 Å². The topological polar surface area (TPSA) is 0 Å². The molecule has 0 unspecified atom stereocenters. The molecule has 0 radical (unpaired) electrons. The maximum Gasteiger partial charge on any atom is 0.0594 e. The molecule has 0 nitrogen and oxygen atoms in total. The van der Waals surface area contributed by atoms with Gasteiger partial charge in [0, 0.05) is 7.26 Å². The predicted octanol–water partition coefficient (Wildman–Crippen LogP) is 15.6. The fourth-order valence-corrected chi connectivity index (χ4v) is 11.9. The molecule has 0 heterocycles. The number of rotatable bonds is 36. The van der Waals surface area contributed by atoms with E-state index >= 15 is 0 Å². The first-order valence-corrected chi connectivity index (χ1v) is 22.6. The summed E-state index contributed by atoms with van der Waals surface area (Å²) in [5, 5.41) is 0. The van der Waals surface area contributed by atoms with Crippen molar-refractivity contribution in [2.75, 3.05) is 24.6 Å². The minimum atomic E-state index is -0.732. The Morgan fingerprint density at radius 1 is 0.195 bits per heavy atom. The Kier molecular flexibility index (Phi) is 35.3. The van der Waals surface area contributed by atoms with Gasteiger partial charge >= 0.3 is 0 Å². The zero-order chi connectivity index (χ0) is 30.0. The molecule has 0 aliphatic heterocycles. The summed E-state index contributed by atoms with van der Waals surface area (Å²) < 4.78 is 0. The molecule has 0 saturated carbocycles. The third kappa shape index (κ3) is 30.2. The van der Waals surface area contributed by atoms with Crippen molar-refractivity contribution in [2.45, 2.75) is 233 Å². The lowest BCUT2D eigenvalue weighted by Crippen LogP contribution is -2.13. The first-order valence-electron chi connectivity index (χ1n) is 20.1. The van der Waals surface area contributed by atoms with Gasteiger partial charge < -0.3 is 0 Å². The van der Waals surface area contributed by atoms with Crippen LogP contribution in [0.15, 0.2) is 0 Å². The first kappa shape index (κ1) is 41.4. The Hall–Kier alpha value is 0.430. The molecule has 0 aliphatic rings. The Labute approximate surface area is 264 Å². The van der Waals surface area contributed by atoms with E-state index in [0.29, 0.717) is 0 Å². The van der Waals surface area contributed by atoms with E-state index in [1.165, 1.54) is 180 Å². The zero-order valence-electron chi connectivity index (χ0n) is 29.9. The van der Waals surface area contributed by atoms with Crippen molar-refractivity contribution in [3.8, 4) is 0 Å². The second-order valence-electron chi connectivity index (χ2n) is 14.1. The highest BCUT2D eigenvalue weighted by atomic mass is 31.2. The molecule has 41 heavy (non-hydrogen) atoms. The van der Waals surface area contributed by atoms with Crippen LogP contribution < -0.4 is 0 Å². The van der Waals surface area contributed by atoms with Crippen LogP contribution in [-0.4, -0.2) is 24.6 Å². The molecule has 0 spiro atoms. The lowest BCUT2D eigenvalue weighted by Gasteiger charge is -2.28. The lowest BCUT2D eigenvalue weighted by atomic mass is 10.0. The van der Waals surface area contributed by atoms with Gasteiger partial charge in [0.1, 0.15) is 0 Å². The maximum absolute atomic E-state index is 2.36. The van der Waals surface area contributed by atoms with Crippen LogP contribution in [0, 0.1) is 0 Å². The smallest absolute Gasteiger partial charge is 0.0594 e. The molecule has 0 amide bonds. The Bertz CT molecular complexity index is 422. The second-order valence-corrected chi connectivity index (χ2v) is 18.6. The summed E-state index contributed by atoms with van der Waals surface area (Å²) in [5.41, 5.74) is 0. The van der Waals surface area contributed by atoms with E-state index in [2.05, 4.69) is 27.7 Å². The Morgan fingerprint density at radius 2 is 0.341 bits per heavy atom. The maximum atomic E-state index is 2.36.